The molecule has 0 spiro atoms. The first-order valence-corrected chi connectivity index (χ1v) is 9.46. The minimum Gasteiger partial charge on any atom is -0.333 e. The van der Waals surface area contributed by atoms with Gasteiger partial charge in [-0.15, -0.1) is 0 Å². The molecule has 4 nitrogen and oxygen atoms in total. The van der Waals surface area contributed by atoms with Crippen LogP contribution < -0.4 is 0 Å². The summed E-state index contributed by atoms with van der Waals surface area (Å²) in [4.78, 5) is 20.9. The lowest BCUT2D eigenvalue weighted by molar-refractivity contribution is -0.142. The third kappa shape index (κ3) is 3.86. The number of pyridine rings is 1. The molecular formula is C21H23F2N3O. The number of hydrogen-bond donors (Lipinski definition) is 0. The van der Waals surface area contributed by atoms with Crippen LogP contribution in [0, 0.1) is 17.6 Å². The van der Waals surface area contributed by atoms with E-state index in [0.717, 1.165) is 31.6 Å². The minimum absolute atomic E-state index is 0.133. The number of benzene rings is 1. The summed E-state index contributed by atoms with van der Waals surface area (Å²) in [7, 11) is 0. The first-order chi connectivity index (χ1) is 13.1. The topological polar surface area (TPSA) is 36.4 Å². The van der Waals surface area contributed by atoms with Gasteiger partial charge in [-0.25, -0.2) is 8.78 Å². The summed E-state index contributed by atoms with van der Waals surface area (Å²) in [6.45, 7) is 2.28. The molecule has 2 atom stereocenters. The van der Waals surface area contributed by atoms with Gasteiger partial charge < -0.3 is 4.90 Å². The predicted molar refractivity (Wildman–Crippen MR) is 97.6 cm³/mol. The van der Waals surface area contributed by atoms with E-state index in [1.807, 2.05) is 23.1 Å². The Bertz CT molecular complexity index is 794. The Labute approximate surface area is 157 Å². The van der Waals surface area contributed by atoms with Crippen molar-refractivity contribution in [3.8, 4) is 0 Å². The van der Waals surface area contributed by atoms with Gasteiger partial charge in [0.1, 0.15) is 11.6 Å². The van der Waals surface area contributed by atoms with E-state index >= 15 is 0 Å². The van der Waals surface area contributed by atoms with Crippen molar-refractivity contribution in [1.29, 1.82) is 0 Å². The monoisotopic (exact) mass is 371 g/mol. The van der Waals surface area contributed by atoms with Crippen LogP contribution in [0.15, 0.2) is 42.6 Å². The molecule has 2 fully saturated rings. The van der Waals surface area contributed by atoms with E-state index in [1.165, 1.54) is 18.2 Å². The summed E-state index contributed by atoms with van der Waals surface area (Å²) in [6.07, 6.45) is 3.92. The van der Waals surface area contributed by atoms with Crippen molar-refractivity contribution in [3.05, 3.63) is 65.5 Å². The highest BCUT2D eigenvalue weighted by atomic mass is 19.1. The molecule has 0 aliphatic carbocycles. The zero-order valence-corrected chi connectivity index (χ0v) is 15.2. The van der Waals surface area contributed by atoms with Gasteiger partial charge >= 0.3 is 0 Å². The van der Waals surface area contributed by atoms with Crippen molar-refractivity contribution in [2.24, 2.45) is 5.92 Å². The van der Waals surface area contributed by atoms with Crippen molar-refractivity contribution in [2.75, 3.05) is 13.1 Å². The Morgan fingerprint density at radius 2 is 1.85 bits per heavy atom. The number of rotatable bonds is 4. The van der Waals surface area contributed by atoms with Gasteiger partial charge in [0.15, 0.2) is 0 Å². The predicted octanol–water partition coefficient (Wildman–Crippen LogP) is 3.37. The van der Waals surface area contributed by atoms with Crippen LogP contribution >= 0.6 is 0 Å². The van der Waals surface area contributed by atoms with Gasteiger partial charge in [-0.3, -0.25) is 14.7 Å². The summed E-state index contributed by atoms with van der Waals surface area (Å²) < 4.78 is 27.9. The number of piperidine rings is 2. The van der Waals surface area contributed by atoms with Crippen LogP contribution in [0.25, 0.3) is 0 Å². The van der Waals surface area contributed by atoms with Gasteiger partial charge in [0.05, 0.1) is 12.2 Å². The van der Waals surface area contributed by atoms with E-state index < -0.39 is 11.6 Å². The van der Waals surface area contributed by atoms with Crippen molar-refractivity contribution >= 4 is 5.91 Å². The van der Waals surface area contributed by atoms with Crippen LogP contribution in [-0.4, -0.2) is 39.8 Å². The molecule has 0 unspecified atom stereocenters. The Morgan fingerprint density at radius 3 is 2.59 bits per heavy atom. The van der Waals surface area contributed by atoms with Crippen LogP contribution in [0.3, 0.4) is 0 Å². The summed E-state index contributed by atoms with van der Waals surface area (Å²) in [6, 6.07) is 9.91. The number of aromatic nitrogens is 1. The van der Waals surface area contributed by atoms with Gasteiger partial charge in [0.25, 0.3) is 0 Å². The molecular weight excluding hydrogens is 348 g/mol. The number of carbonyl (C=O) groups excluding carboxylic acids is 1. The highest BCUT2D eigenvalue weighted by Crippen LogP contribution is 2.33. The van der Waals surface area contributed by atoms with Crippen molar-refractivity contribution in [1.82, 2.24) is 14.8 Å². The van der Waals surface area contributed by atoms with Gasteiger partial charge in [-0.05, 0) is 43.0 Å². The number of halogens is 2. The molecule has 2 aliphatic rings. The largest absolute Gasteiger partial charge is 0.333 e. The highest BCUT2D eigenvalue weighted by molar-refractivity contribution is 5.77. The van der Waals surface area contributed by atoms with Gasteiger partial charge in [-0.1, -0.05) is 12.1 Å². The first kappa shape index (κ1) is 18.0. The lowest BCUT2D eigenvalue weighted by Gasteiger charge is -2.47. The molecule has 27 heavy (non-hydrogen) atoms. The van der Waals surface area contributed by atoms with Crippen LogP contribution in [0.2, 0.25) is 0 Å². The van der Waals surface area contributed by atoms with E-state index in [0.29, 0.717) is 18.9 Å². The average molecular weight is 371 g/mol. The second kappa shape index (κ2) is 7.72. The molecule has 142 valence electrons. The molecule has 2 aromatic rings. The van der Waals surface area contributed by atoms with Crippen molar-refractivity contribution in [3.63, 3.8) is 0 Å². The van der Waals surface area contributed by atoms with Crippen LogP contribution in [0.4, 0.5) is 8.78 Å². The zero-order valence-electron chi connectivity index (χ0n) is 15.2. The third-order valence-corrected chi connectivity index (χ3v) is 5.73. The van der Waals surface area contributed by atoms with Crippen molar-refractivity contribution < 1.29 is 13.6 Å². The Kier molecular flexibility index (Phi) is 5.16. The number of likely N-dealkylation sites (tertiary alicyclic amines) is 2. The molecule has 1 aromatic heterocycles. The number of amides is 1. The SMILES string of the molecule is O=C1CC[C@@H]2CN(Cc3c(F)cccc3F)CC[C@@H]2N1Cc1ccccn1. The fraction of sp³-hybridized carbons (Fsp3) is 0.429. The lowest BCUT2D eigenvalue weighted by Crippen LogP contribution is -2.55. The summed E-state index contributed by atoms with van der Waals surface area (Å²) >= 11 is 0. The quantitative estimate of drug-likeness (QED) is 0.827. The number of carbonyl (C=O) groups is 1. The zero-order chi connectivity index (χ0) is 18.8. The second-order valence-corrected chi connectivity index (χ2v) is 7.43. The standard InChI is InChI=1S/C21H23F2N3O/c22-18-5-3-6-19(23)17(18)14-25-11-9-20-15(12-25)7-8-21(27)26(20)13-16-4-1-2-10-24-16/h1-6,10,15,20H,7-9,11-14H2/t15-,20+/m1/s1. The summed E-state index contributed by atoms with van der Waals surface area (Å²) in [5, 5.41) is 0. The molecule has 0 radical (unpaired) electrons. The summed E-state index contributed by atoms with van der Waals surface area (Å²) in [5.41, 5.74) is 1.02. The average Bonchev–Trinajstić information content (AvgIpc) is 2.68. The molecule has 6 heteroatoms. The Morgan fingerprint density at radius 1 is 1.04 bits per heavy atom. The molecule has 1 aromatic carbocycles. The van der Waals surface area contributed by atoms with E-state index in [4.69, 9.17) is 0 Å². The van der Waals surface area contributed by atoms with E-state index in [2.05, 4.69) is 9.88 Å². The van der Waals surface area contributed by atoms with Crippen molar-refractivity contribution in [2.45, 2.75) is 38.4 Å². The maximum atomic E-state index is 14.0. The van der Waals surface area contributed by atoms with E-state index in [9.17, 15) is 13.6 Å². The van der Waals surface area contributed by atoms with Crippen LogP contribution in [0.5, 0.6) is 0 Å². The molecule has 4 rings (SSSR count). The smallest absolute Gasteiger partial charge is 0.223 e. The fourth-order valence-electron chi connectivity index (χ4n) is 4.35. The van der Waals surface area contributed by atoms with Crippen LogP contribution in [-0.2, 0) is 17.9 Å². The first-order valence-electron chi connectivity index (χ1n) is 9.46. The van der Waals surface area contributed by atoms with Crippen LogP contribution in [0.1, 0.15) is 30.5 Å². The molecule has 0 saturated carbocycles. The van der Waals surface area contributed by atoms with E-state index in [-0.39, 0.29) is 24.1 Å². The fourth-order valence-corrected chi connectivity index (χ4v) is 4.35. The normalized spacial score (nSPS) is 23.3. The highest BCUT2D eigenvalue weighted by Gasteiger charge is 2.39. The maximum absolute atomic E-state index is 14.0. The van der Waals surface area contributed by atoms with Gasteiger partial charge in [0, 0.05) is 43.9 Å². The lowest BCUT2D eigenvalue weighted by atomic mass is 9.83. The molecule has 0 bridgehead atoms. The number of fused-ring (bicyclic) bond motifs is 1. The summed E-state index contributed by atoms with van der Waals surface area (Å²) in [5.74, 6) is -0.481. The second-order valence-electron chi connectivity index (χ2n) is 7.43. The number of hydrogen-bond acceptors (Lipinski definition) is 3. The number of nitrogens with zero attached hydrogens (tertiary/aromatic N) is 3. The molecule has 1 amide bonds. The Hall–Kier alpha value is -2.34. The van der Waals surface area contributed by atoms with Gasteiger partial charge in [-0.2, -0.15) is 0 Å². The molecule has 3 heterocycles. The molecule has 2 saturated heterocycles. The van der Waals surface area contributed by atoms with Gasteiger partial charge in [0.2, 0.25) is 5.91 Å². The van der Waals surface area contributed by atoms with E-state index in [1.54, 1.807) is 6.20 Å². The molecule has 2 aliphatic heterocycles. The minimum atomic E-state index is -0.493. The Balaban J connectivity index is 1.45. The third-order valence-electron chi connectivity index (χ3n) is 5.73. The molecule has 0 N–H and O–H groups in total. The maximum Gasteiger partial charge on any atom is 0.223 e.